The van der Waals surface area contributed by atoms with Crippen LogP contribution in [0.2, 0.25) is 0 Å². The molecule has 1 saturated heterocycles. The van der Waals surface area contributed by atoms with Crippen molar-refractivity contribution in [1.29, 1.82) is 0 Å². The molecule has 2 aromatic heterocycles. The van der Waals surface area contributed by atoms with E-state index in [2.05, 4.69) is 27.1 Å². The Bertz CT molecular complexity index is 1090. The van der Waals surface area contributed by atoms with Gasteiger partial charge < -0.3 is 15.0 Å². The Hall–Kier alpha value is -2.94. The maximum Gasteiger partial charge on any atom is 0.273 e. The van der Waals surface area contributed by atoms with Gasteiger partial charge in [0.1, 0.15) is 23.3 Å². The van der Waals surface area contributed by atoms with Gasteiger partial charge in [0.25, 0.3) is 5.56 Å². The van der Waals surface area contributed by atoms with E-state index in [-0.39, 0.29) is 18.0 Å². The molecule has 0 spiro atoms. The van der Waals surface area contributed by atoms with Crippen molar-refractivity contribution in [3.05, 3.63) is 46.5 Å². The van der Waals surface area contributed by atoms with Crippen LogP contribution in [-0.2, 0) is 17.9 Å². The molecule has 1 N–H and O–H groups in total. The Morgan fingerprint density at radius 3 is 2.87 bits per heavy atom. The van der Waals surface area contributed by atoms with Gasteiger partial charge in [0.2, 0.25) is 5.91 Å². The highest BCUT2D eigenvalue weighted by molar-refractivity contribution is 7.22. The minimum absolute atomic E-state index is 0.0775. The molecule has 1 amide bonds. The molecule has 1 aromatic carbocycles. The van der Waals surface area contributed by atoms with Gasteiger partial charge in [-0.2, -0.15) is 4.98 Å². The van der Waals surface area contributed by atoms with Crippen LogP contribution in [0.25, 0.3) is 10.3 Å². The summed E-state index contributed by atoms with van der Waals surface area (Å²) in [6, 6.07) is 7.46. The van der Waals surface area contributed by atoms with Crippen molar-refractivity contribution in [3.63, 3.8) is 0 Å². The molecule has 30 heavy (non-hydrogen) atoms. The molecule has 0 unspecified atom stereocenters. The second kappa shape index (κ2) is 8.83. The minimum atomic E-state index is -0.247. The van der Waals surface area contributed by atoms with Crippen LogP contribution in [-0.4, -0.2) is 40.6 Å². The number of amides is 1. The molecule has 1 atom stereocenters. The van der Waals surface area contributed by atoms with E-state index in [4.69, 9.17) is 4.74 Å². The summed E-state index contributed by atoms with van der Waals surface area (Å²) >= 11 is 1.36. The van der Waals surface area contributed by atoms with E-state index in [0.29, 0.717) is 22.8 Å². The van der Waals surface area contributed by atoms with E-state index in [9.17, 15) is 9.59 Å². The zero-order valence-corrected chi connectivity index (χ0v) is 17.9. The number of piperidine rings is 1. The van der Waals surface area contributed by atoms with Crippen molar-refractivity contribution < 1.29 is 9.53 Å². The summed E-state index contributed by atoms with van der Waals surface area (Å²) in [7, 11) is 1.61. The van der Waals surface area contributed by atoms with Crippen molar-refractivity contribution in [2.24, 2.45) is 5.92 Å². The Kier molecular flexibility index (Phi) is 5.98. The summed E-state index contributed by atoms with van der Waals surface area (Å²) < 4.78 is 6.96. The number of rotatable bonds is 6. The van der Waals surface area contributed by atoms with Gasteiger partial charge >= 0.3 is 0 Å². The Morgan fingerprint density at radius 2 is 2.13 bits per heavy atom. The fourth-order valence-electron chi connectivity index (χ4n) is 3.60. The third-order valence-corrected chi connectivity index (χ3v) is 6.36. The van der Waals surface area contributed by atoms with Gasteiger partial charge in [0, 0.05) is 19.6 Å². The molecule has 9 heteroatoms. The van der Waals surface area contributed by atoms with E-state index in [1.807, 2.05) is 24.3 Å². The van der Waals surface area contributed by atoms with Crippen LogP contribution in [0.3, 0.4) is 0 Å². The average molecular weight is 428 g/mol. The number of nitrogens with one attached hydrogen (secondary N) is 1. The number of methoxy groups -OCH3 is 1. The summed E-state index contributed by atoms with van der Waals surface area (Å²) in [6.07, 6.45) is 3.75. The predicted molar refractivity (Wildman–Crippen MR) is 117 cm³/mol. The number of fused-ring (bicyclic) bond motifs is 1. The number of ether oxygens (including phenoxy) is 1. The molecule has 4 rings (SSSR count). The molecule has 1 aliphatic rings. The predicted octanol–water partition coefficient (Wildman–Crippen LogP) is 2.41. The molecular formula is C21H25N5O3S. The molecule has 0 aliphatic carbocycles. The standard InChI is InChI=1S/C21H25N5O3S/c1-14-4-3-9-25(11-14)21-24-19-18(30-21)20(28)26(13-23-19)12-17(27)22-10-15-5-7-16(29-2)8-6-15/h5-8,13-14H,3-4,9-12H2,1-2H3,(H,22,27)/t14-/m1/s1. The first-order chi connectivity index (χ1) is 14.5. The normalized spacial score (nSPS) is 16.6. The van der Waals surface area contributed by atoms with Crippen LogP contribution in [0.15, 0.2) is 35.4 Å². The van der Waals surface area contributed by atoms with Crippen LogP contribution in [0, 0.1) is 5.92 Å². The lowest BCUT2D eigenvalue weighted by Gasteiger charge is -2.30. The second-order valence-corrected chi connectivity index (χ2v) is 8.62. The zero-order chi connectivity index (χ0) is 21.1. The number of benzene rings is 1. The quantitative estimate of drug-likeness (QED) is 0.650. The average Bonchev–Trinajstić information content (AvgIpc) is 3.20. The Labute approximate surface area is 178 Å². The van der Waals surface area contributed by atoms with Crippen molar-refractivity contribution >= 4 is 32.7 Å². The largest absolute Gasteiger partial charge is 0.497 e. The van der Waals surface area contributed by atoms with Gasteiger partial charge in [-0.15, -0.1) is 0 Å². The Morgan fingerprint density at radius 1 is 1.33 bits per heavy atom. The van der Waals surface area contributed by atoms with E-state index in [0.717, 1.165) is 36.0 Å². The third kappa shape index (κ3) is 4.46. The number of carbonyl (C=O) groups excluding carboxylic acids is 1. The maximum absolute atomic E-state index is 12.9. The van der Waals surface area contributed by atoms with Crippen molar-refractivity contribution in [3.8, 4) is 5.75 Å². The monoisotopic (exact) mass is 427 g/mol. The lowest BCUT2D eigenvalue weighted by molar-refractivity contribution is -0.121. The first kappa shape index (κ1) is 20.3. The number of carbonyl (C=O) groups is 1. The first-order valence-electron chi connectivity index (χ1n) is 10.0. The Balaban J connectivity index is 1.44. The van der Waals surface area contributed by atoms with Crippen LogP contribution in [0.5, 0.6) is 5.75 Å². The first-order valence-corrected chi connectivity index (χ1v) is 10.9. The van der Waals surface area contributed by atoms with Crippen molar-refractivity contribution in [2.45, 2.75) is 32.9 Å². The number of nitrogens with zero attached hydrogens (tertiary/aromatic N) is 4. The minimum Gasteiger partial charge on any atom is -0.497 e. The highest BCUT2D eigenvalue weighted by Gasteiger charge is 2.21. The number of aromatic nitrogens is 3. The van der Waals surface area contributed by atoms with Crippen LogP contribution >= 0.6 is 11.3 Å². The van der Waals surface area contributed by atoms with E-state index in [1.54, 1.807) is 7.11 Å². The summed E-state index contributed by atoms with van der Waals surface area (Å²) in [5.41, 5.74) is 1.18. The maximum atomic E-state index is 12.9. The smallest absolute Gasteiger partial charge is 0.273 e. The van der Waals surface area contributed by atoms with E-state index >= 15 is 0 Å². The summed E-state index contributed by atoms with van der Waals surface area (Å²) in [4.78, 5) is 36.3. The van der Waals surface area contributed by atoms with Gasteiger partial charge in [0.15, 0.2) is 10.8 Å². The lowest BCUT2D eigenvalue weighted by atomic mass is 10.0. The number of hydrogen-bond donors (Lipinski definition) is 1. The van der Waals surface area contributed by atoms with Crippen LogP contribution < -0.4 is 20.5 Å². The van der Waals surface area contributed by atoms with Gasteiger partial charge in [-0.1, -0.05) is 30.4 Å². The SMILES string of the molecule is COc1ccc(CNC(=O)Cn2cnc3nc(N4CCC[C@@H](C)C4)sc3c2=O)cc1. The molecule has 1 fully saturated rings. The summed E-state index contributed by atoms with van der Waals surface area (Å²) in [6.45, 7) is 4.43. The molecule has 158 valence electrons. The van der Waals surface area contributed by atoms with Gasteiger partial charge in [0.05, 0.1) is 7.11 Å². The molecule has 1 aliphatic heterocycles. The molecule has 0 radical (unpaired) electrons. The third-order valence-electron chi connectivity index (χ3n) is 5.26. The van der Waals surface area contributed by atoms with E-state index < -0.39 is 0 Å². The van der Waals surface area contributed by atoms with Gasteiger partial charge in [-0.25, -0.2) is 4.98 Å². The number of anilines is 1. The van der Waals surface area contributed by atoms with Crippen molar-refractivity contribution in [1.82, 2.24) is 19.9 Å². The van der Waals surface area contributed by atoms with Gasteiger partial charge in [-0.3, -0.25) is 14.2 Å². The fourth-order valence-corrected chi connectivity index (χ4v) is 4.60. The molecule has 8 nitrogen and oxygen atoms in total. The fraction of sp³-hybridized carbons (Fsp3) is 0.429. The van der Waals surface area contributed by atoms with Crippen molar-refractivity contribution in [2.75, 3.05) is 25.1 Å². The topological polar surface area (TPSA) is 89.3 Å². The number of thiazole rings is 1. The zero-order valence-electron chi connectivity index (χ0n) is 17.1. The second-order valence-electron chi connectivity index (χ2n) is 7.65. The number of hydrogen-bond acceptors (Lipinski definition) is 7. The van der Waals surface area contributed by atoms with Crippen LogP contribution in [0.4, 0.5) is 5.13 Å². The highest BCUT2D eigenvalue weighted by atomic mass is 32.1. The highest BCUT2D eigenvalue weighted by Crippen LogP contribution is 2.29. The molecule has 3 heterocycles. The summed E-state index contributed by atoms with van der Waals surface area (Å²) in [5.74, 6) is 1.13. The molecule has 0 saturated carbocycles. The summed E-state index contributed by atoms with van der Waals surface area (Å²) in [5, 5.41) is 3.67. The van der Waals surface area contributed by atoms with E-state index in [1.165, 1.54) is 28.7 Å². The van der Waals surface area contributed by atoms with Gasteiger partial charge in [-0.05, 0) is 36.5 Å². The van der Waals surface area contributed by atoms with Crippen LogP contribution in [0.1, 0.15) is 25.3 Å². The molecule has 3 aromatic rings. The molecular weight excluding hydrogens is 402 g/mol. The lowest BCUT2D eigenvalue weighted by Crippen LogP contribution is -2.34. The molecule has 0 bridgehead atoms.